The van der Waals surface area contributed by atoms with Gasteiger partial charge in [0.2, 0.25) is 5.88 Å². The Bertz CT molecular complexity index is 1210. The van der Waals surface area contributed by atoms with Gasteiger partial charge < -0.3 is 10.1 Å². The summed E-state index contributed by atoms with van der Waals surface area (Å²) in [5.41, 5.74) is 2.65. The van der Waals surface area contributed by atoms with E-state index < -0.39 is 0 Å². The molecule has 3 heterocycles. The van der Waals surface area contributed by atoms with Crippen molar-refractivity contribution >= 4 is 17.1 Å². The monoisotopic (exact) mass is 403 g/mol. The number of nitrogens with zero attached hydrogens (tertiary/aromatic N) is 4. The number of carbonyl (C=O) groups is 1. The summed E-state index contributed by atoms with van der Waals surface area (Å²) in [6, 6.07) is 16.8. The molecule has 0 spiro atoms. The molecule has 1 amide bonds. The van der Waals surface area contributed by atoms with E-state index in [0.717, 1.165) is 11.1 Å². The summed E-state index contributed by atoms with van der Waals surface area (Å²) in [6.07, 6.45) is 3.11. The van der Waals surface area contributed by atoms with E-state index in [1.165, 1.54) is 13.3 Å². The number of imidazole rings is 1. The first-order valence-electron chi connectivity index (χ1n) is 9.53. The molecule has 4 aromatic rings. The van der Waals surface area contributed by atoms with E-state index in [4.69, 9.17) is 4.74 Å². The van der Waals surface area contributed by atoms with Crippen LogP contribution in [-0.4, -0.2) is 38.7 Å². The van der Waals surface area contributed by atoms with Crippen LogP contribution in [0.1, 0.15) is 15.9 Å². The minimum absolute atomic E-state index is 0.159. The zero-order chi connectivity index (χ0) is 20.9. The van der Waals surface area contributed by atoms with E-state index in [1.54, 1.807) is 27.5 Å². The molecule has 0 aliphatic heterocycles. The molecule has 4 rings (SSSR count). The number of amides is 1. The van der Waals surface area contributed by atoms with Gasteiger partial charge in [-0.2, -0.15) is 0 Å². The van der Waals surface area contributed by atoms with Gasteiger partial charge in [0.1, 0.15) is 0 Å². The van der Waals surface area contributed by atoms with Crippen LogP contribution in [0.15, 0.2) is 71.8 Å². The van der Waals surface area contributed by atoms with Crippen LogP contribution in [0.3, 0.4) is 0 Å². The molecule has 1 aromatic carbocycles. The Kier molecular flexibility index (Phi) is 5.56. The summed E-state index contributed by atoms with van der Waals surface area (Å²) in [6.45, 7) is 1.05. The van der Waals surface area contributed by atoms with Gasteiger partial charge in [-0.3, -0.25) is 13.9 Å². The molecule has 0 saturated heterocycles. The van der Waals surface area contributed by atoms with Gasteiger partial charge in [0.05, 0.1) is 24.7 Å². The molecule has 1 N–H and O–H groups in total. The fourth-order valence-corrected chi connectivity index (χ4v) is 3.29. The molecule has 0 radical (unpaired) electrons. The smallest absolute Gasteiger partial charge is 0.330 e. The molecule has 0 aliphatic carbocycles. The van der Waals surface area contributed by atoms with Gasteiger partial charge in [0.25, 0.3) is 5.91 Å². The first kappa shape index (κ1) is 19.4. The van der Waals surface area contributed by atoms with E-state index >= 15 is 0 Å². The van der Waals surface area contributed by atoms with Gasteiger partial charge in [-0.1, -0.05) is 30.3 Å². The van der Waals surface area contributed by atoms with Gasteiger partial charge in [0.15, 0.2) is 5.65 Å². The van der Waals surface area contributed by atoms with Gasteiger partial charge in [-0.05, 0) is 23.8 Å². The predicted molar refractivity (Wildman–Crippen MR) is 113 cm³/mol. The molecule has 0 bridgehead atoms. The molecule has 152 valence electrons. The second kappa shape index (κ2) is 8.60. The van der Waals surface area contributed by atoms with Crippen molar-refractivity contribution in [3.63, 3.8) is 0 Å². The molecule has 0 atom stereocenters. The highest BCUT2D eigenvalue weighted by atomic mass is 16.5. The number of benzene rings is 1. The summed E-state index contributed by atoms with van der Waals surface area (Å²) in [5.74, 6) is 0.176. The van der Waals surface area contributed by atoms with Crippen molar-refractivity contribution in [3.8, 4) is 5.88 Å². The maximum absolute atomic E-state index is 13.1. The van der Waals surface area contributed by atoms with Crippen LogP contribution in [0.25, 0.3) is 11.2 Å². The highest BCUT2D eigenvalue weighted by Crippen LogP contribution is 2.12. The maximum atomic E-state index is 13.1. The quantitative estimate of drug-likeness (QED) is 0.510. The molecule has 0 fully saturated rings. The number of ether oxygens (including phenoxy) is 1. The van der Waals surface area contributed by atoms with Crippen molar-refractivity contribution in [2.75, 3.05) is 13.7 Å². The highest BCUT2D eigenvalue weighted by Gasteiger charge is 2.14. The molecular formula is C22H21N5O3. The lowest BCUT2D eigenvalue weighted by Gasteiger charge is -2.06. The van der Waals surface area contributed by atoms with Crippen LogP contribution in [0, 0.1) is 0 Å². The summed E-state index contributed by atoms with van der Waals surface area (Å²) in [5, 5.41) is 2.82. The second-order valence-corrected chi connectivity index (χ2v) is 6.70. The van der Waals surface area contributed by atoms with Crippen LogP contribution >= 0.6 is 0 Å². The molecule has 30 heavy (non-hydrogen) atoms. The molecule has 0 aliphatic rings. The summed E-state index contributed by atoms with van der Waals surface area (Å²) >= 11 is 0. The van der Waals surface area contributed by atoms with Crippen molar-refractivity contribution in [2.45, 2.75) is 13.1 Å². The number of carbonyl (C=O) groups excluding carboxylic acids is 1. The van der Waals surface area contributed by atoms with Crippen molar-refractivity contribution in [3.05, 3.63) is 88.6 Å². The summed E-state index contributed by atoms with van der Waals surface area (Å²) in [4.78, 5) is 33.8. The zero-order valence-electron chi connectivity index (χ0n) is 16.5. The van der Waals surface area contributed by atoms with Crippen LogP contribution in [0.5, 0.6) is 5.88 Å². The SMILES string of the molecule is COc1ccc(C(=O)NCCn2c(=O)n(Cc3ccccc3)c3cccnc32)cn1. The number of rotatable bonds is 7. The molecule has 3 aromatic heterocycles. The lowest BCUT2D eigenvalue weighted by atomic mass is 10.2. The third-order valence-corrected chi connectivity index (χ3v) is 4.79. The zero-order valence-corrected chi connectivity index (χ0v) is 16.5. The van der Waals surface area contributed by atoms with Crippen molar-refractivity contribution in [1.82, 2.24) is 24.4 Å². The molecule has 0 saturated carbocycles. The molecule has 8 nitrogen and oxygen atoms in total. The minimum Gasteiger partial charge on any atom is -0.481 e. The Hall–Kier alpha value is -3.94. The Morgan fingerprint density at radius 3 is 2.60 bits per heavy atom. The molecular weight excluding hydrogens is 382 g/mol. The Balaban J connectivity index is 1.52. The number of pyridine rings is 2. The fraction of sp³-hybridized carbons (Fsp3) is 0.182. The highest BCUT2D eigenvalue weighted by molar-refractivity contribution is 5.93. The average Bonchev–Trinajstić information content (AvgIpc) is 3.06. The molecule has 8 heteroatoms. The number of hydrogen-bond donors (Lipinski definition) is 1. The van der Waals surface area contributed by atoms with E-state index in [1.807, 2.05) is 42.5 Å². The first-order valence-corrected chi connectivity index (χ1v) is 9.53. The van der Waals surface area contributed by atoms with Crippen molar-refractivity contribution in [2.24, 2.45) is 0 Å². The second-order valence-electron chi connectivity index (χ2n) is 6.70. The first-order chi connectivity index (χ1) is 14.7. The van der Waals surface area contributed by atoms with Crippen LogP contribution in [-0.2, 0) is 13.1 Å². The third kappa shape index (κ3) is 3.93. The minimum atomic E-state index is -0.265. The van der Waals surface area contributed by atoms with Crippen molar-refractivity contribution < 1.29 is 9.53 Å². The third-order valence-electron chi connectivity index (χ3n) is 4.79. The Morgan fingerprint density at radius 1 is 1.03 bits per heavy atom. The Labute approximate surface area is 172 Å². The number of methoxy groups -OCH3 is 1. The largest absolute Gasteiger partial charge is 0.481 e. The number of aromatic nitrogens is 4. The Morgan fingerprint density at radius 2 is 1.87 bits per heavy atom. The number of nitrogens with one attached hydrogen (secondary N) is 1. The van der Waals surface area contributed by atoms with Crippen LogP contribution in [0.4, 0.5) is 0 Å². The summed E-state index contributed by atoms with van der Waals surface area (Å²) < 4.78 is 8.29. The van der Waals surface area contributed by atoms with E-state index in [9.17, 15) is 9.59 Å². The van der Waals surface area contributed by atoms with Gasteiger partial charge in [0, 0.05) is 31.5 Å². The average molecular weight is 403 g/mol. The van der Waals surface area contributed by atoms with Crippen LogP contribution in [0.2, 0.25) is 0 Å². The molecule has 0 unspecified atom stereocenters. The predicted octanol–water partition coefficient (Wildman–Crippen LogP) is 2.08. The topological polar surface area (TPSA) is 91.0 Å². The fourth-order valence-electron chi connectivity index (χ4n) is 3.29. The normalized spacial score (nSPS) is 10.8. The maximum Gasteiger partial charge on any atom is 0.330 e. The van der Waals surface area contributed by atoms with Crippen LogP contribution < -0.4 is 15.7 Å². The van der Waals surface area contributed by atoms with Gasteiger partial charge in [-0.25, -0.2) is 14.8 Å². The lowest BCUT2D eigenvalue weighted by molar-refractivity contribution is 0.0952. The lowest BCUT2D eigenvalue weighted by Crippen LogP contribution is -2.32. The van der Waals surface area contributed by atoms with Gasteiger partial charge >= 0.3 is 5.69 Å². The van der Waals surface area contributed by atoms with E-state index in [0.29, 0.717) is 30.2 Å². The standard InChI is InChI=1S/C22H21N5O3/c1-30-19-10-9-17(14-25-19)21(28)24-12-13-26-20-18(8-5-11-23-20)27(22(26)29)15-16-6-3-2-4-7-16/h2-11,14H,12-13,15H2,1H3,(H,24,28). The van der Waals surface area contributed by atoms with E-state index in [2.05, 4.69) is 15.3 Å². The van der Waals surface area contributed by atoms with Gasteiger partial charge in [-0.15, -0.1) is 0 Å². The summed E-state index contributed by atoms with van der Waals surface area (Å²) in [7, 11) is 1.52. The van der Waals surface area contributed by atoms with E-state index in [-0.39, 0.29) is 18.1 Å². The van der Waals surface area contributed by atoms with Crippen molar-refractivity contribution in [1.29, 1.82) is 0 Å². The number of hydrogen-bond acceptors (Lipinski definition) is 5. The number of fused-ring (bicyclic) bond motifs is 1.